The van der Waals surface area contributed by atoms with E-state index in [1.54, 1.807) is 12.1 Å². The van der Waals surface area contributed by atoms with Crippen LogP contribution in [0.3, 0.4) is 0 Å². The molecule has 204 valence electrons. The molecule has 5 aromatic rings. The summed E-state index contributed by atoms with van der Waals surface area (Å²) in [5.41, 5.74) is 0.809. The number of benzene rings is 1. The Morgan fingerprint density at radius 3 is 1.31 bits per heavy atom. The highest BCUT2D eigenvalue weighted by atomic mass is 16.3. The number of hydrogen-bond donors (Lipinski definition) is 5. The van der Waals surface area contributed by atoms with Crippen LogP contribution in [0.4, 0.5) is 0 Å². The summed E-state index contributed by atoms with van der Waals surface area (Å²) in [5.74, 6) is 2.77. The van der Waals surface area contributed by atoms with Crippen molar-refractivity contribution in [3.05, 3.63) is 53.1 Å². The smallest absolute Gasteiger partial charge is 0.162 e. The van der Waals surface area contributed by atoms with E-state index >= 15 is 0 Å². The third kappa shape index (κ3) is 7.83. The molecule has 0 saturated heterocycles. The molecule has 20 heteroatoms. The molecule has 0 aliphatic rings. The van der Waals surface area contributed by atoms with E-state index in [1.807, 2.05) is 12.1 Å². The number of rotatable bonds is 16. The molecule has 4 aromatic heterocycles. The molecule has 0 radical (unpaired) electrons. The van der Waals surface area contributed by atoms with Gasteiger partial charge in [0.25, 0.3) is 0 Å². The van der Waals surface area contributed by atoms with Crippen molar-refractivity contribution in [2.24, 2.45) is 0 Å². The molecule has 5 N–H and O–H groups in total. The van der Waals surface area contributed by atoms with E-state index < -0.39 is 0 Å². The van der Waals surface area contributed by atoms with Crippen molar-refractivity contribution < 1.29 is 5.11 Å². The maximum absolute atomic E-state index is 10.3. The van der Waals surface area contributed by atoms with Gasteiger partial charge < -0.3 is 5.11 Å². The fraction of sp³-hybridized carbons (Fsp3) is 0.474. The van der Waals surface area contributed by atoms with Crippen molar-refractivity contribution in [1.82, 2.24) is 97.2 Å². The lowest BCUT2D eigenvalue weighted by Gasteiger charge is -2.29. The summed E-state index contributed by atoms with van der Waals surface area (Å²) < 4.78 is 0. The second-order valence-electron chi connectivity index (χ2n) is 8.72. The van der Waals surface area contributed by atoms with Gasteiger partial charge in [0, 0.05) is 38.3 Å². The van der Waals surface area contributed by atoms with Gasteiger partial charge in [0.2, 0.25) is 0 Å². The second kappa shape index (κ2) is 13.1. The van der Waals surface area contributed by atoms with E-state index in [4.69, 9.17) is 0 Å². The molecule has 0 bridgehead atoms. The van der Waals surface area contributed by atoms with Gasteiger partial charge in [0.05, 0.1) is 26.2 Å². The van der Waals surface area contributed by atoms with Crippen LogP contribution in [-0.2, 0) is 32.7 Å². The van der Waals surface area contributed by atoms with E-state index in [2.05, 4.69) is 97.2 Å². The zero-order chi connectivity index (χ0) is 26.7. The first-order valence-electron chi connectivity index (χ1n) is 12.1. The van der Waals surface area contributed by atoms with Crippen LogP contribution in [0, 0.1) is 0 Å². The molecule has 20 nitrogen and oxygen atoms in total. The minimum Gasteiger partial charge on any atom is -0.508 e. The fourth-order valence-corrected chi connectivity index (χ4v) is 3.98. The molecule has 0 amide bonds. The number of phenols is 1. The zero-order valence-electron chi connectivity index (χ0n) is 20.8. The van der Waals surface area contributed by atoms with Crippen LogP contribution < -0.4 is 0 Å². The van der Waals surface area contributed by atoms with Crippen LogP contribution in [0.5, 0.6) is 5.75 Å². The quantitative estimate of drug-likeness (QED) is 0.0883. The standard InChI is InChI=1S/C19H27N19O/c39-15-4-2-1-3-14(15)9-37(11-17-22-30-31-23-17)7-5-36(10-16-20-28-29-21-16)6-8-38(12-18-24-32-33-25-18)13-19-26-34-35-27-19/h1-4,39H,5-13H2,(H,20,21,28,29)(H,22,23,30,31)(H,24,25,32,33)(H,26,27,34,35). The lowest BCUT2D eigenvalue weighted by atomic mass is 10.2. The molecule has 0 aliphatic heterocycles. The van der Waals surface area contributed by atoms with Gasteiger partial charge >= 0.3 is 0 Å². The summed E-state index contributed by atoms with van der Waals surface area (Å²) in [4.78, 5) is 6.50. The molecular formula is C19H27N19O. The first-order chi connectivity index (χ1) is 19.2. The van der Waals surface area contributed by atoms with E-state index in [-0.39, 0.29) is 5.75 Å². The van der Waals surface area contributed by atoms with E-state index in [1.165, 1.54) is 0 Å². The topological polar surface area (TPSA) is 248 Å². The first-order valence-corrected chi connectivity index (χ1v) is 12.1. The van der Waals surface area contributed by atoms with Gasteiger partial charge in [-0.15, -0.1) is 20.4 Å². The third-order valence-corrected chi connectivity index (χ3v) is 5.90. The number of phenolic OH excluding ortho intramolecular Hbond substituents is 1. The second-order valence-corrected chi connectivity index (χ2v) is 8.72. The number of aromatic nitrogens is 16. The molecule has 0 aliphatic carbocycles. The minimum absolute atomic E-state index is 0.238. The minimum atomic E-state index is 0.238. The highest BCUT2D eigenvalue weighted by Gasteiger charge is 2.18. The Labute approximate surface area is 220 Å². The van der Waals surface area contributed by atoms with Crippen molar-refractivity contribution in [2.45, 2.75) is 32.7 Å². The van der Waals surface area contributed by atoms with E-state index in [0.29, 0.717) is 82.2 Å². The first kappa shape index (κ1) is 25.8. The molecule has 0 atom stereocenters. The highest BCUT2D eigenvalue weighted by molar-refractivity contribution is 5.31. The van der Waals surface area contributed by atoms with Crippen LogP contribution in [0.15, 0.2) is 24.3 Å². The van der Waals surface area contributed by atoms with Crippen LogP contribution in [0.25, 0.3) is 0 Å². The van der Waals surface area contributed by atoms with Crippen molar-refractivity contribution in [1.29, 1.82) is 0 Å². The number of nitrogens with zero attached hydrogens (tertiary/aromatic N) is 15. The molecule has 0 spiro atoms. The van der Waals surface area contributed by atoms with Crippen LogP contribution in [0.2, 0.25) is 0 Å². The number of para-hydroxylation sites is 1. The molecule has 0 saturated carbocycles. The van der Waals surface area contributed by atoms with Crippen molar-refractivity contribution >= 4 is 0 Å². The van der Waals surface area contributed by atoms with Gasteiger partial charge in [-0.25, -0.2) is 20.4 Å². The predicted octanol–water partition coefficient (Wildman–Crippen LogP) is -2.35. The SMILES string of the molecule is Oc1ccccc1CN(CCN(CCN(Cc1nnn[nH]1)Cc1nnn[nH]1)Cc1nnn[nH]1)Cc1nnn[nH]1. The number of nitrogens with one attached hydrogen (secondary N) is 4. The summed E-state index contributed by atoms with van der Waals surface area (Å²) in [7, 11) is 0. The summed E-state index contributed by atoms with van der Waals surface area (Å²) in [6.45, 7) is 5.06. The summed E-state index contributed by atoms with van der Waals surface area (Å²) in [6.07, 6.45) is 0. The highest BCUT2D eigenvalue weighted by Crippen LogP contribution is 2.18. The summed E-state index contributed by atoms with van der Waals surface area (Å²) >= 11 is 0. The molecule has 39 heavy (non-hydrogen) atoms. The van der Waals surface area contributed by atoms with Gasteiger partial charge in [-0.1, -0.05) is 18.2 Å². The lowest BCUT2D eigenvalue weighted by molar-refractivity contribution is 0.152. The Morgan fingerprint density at radius 1 is 0.513 bits per heavy atom. The van der Waals surface area contributed by atoms with Gasteiger partial charge in [0.1, 0.15) is 5.75 Å². The van der Waals surface area contributed by atoms with E-state index in [9.17, 15) is 5.11 Å². The zero-order valence-corrected chi connectivity index (χ0v) is 20.8. The number of aromatic amines is 4. The maximum Gasteiger partial charge on any atom is 0.162 e. The van der Waals surface area contributed by atoms with E-state index in [0.717, 1.165) is 5.56 Å². The number of H-pyrrole nitrogens is 4. The molecule has 5 rings (SSSR count). The van der Waals surface area contributed by atoms with Gasteiger partial charge in [-0.3, -0.25) is 14.7 Å². The maximum atomic E-state index is 10.3. The Morgan fingerprint density at radius 2 is 0.897 bits per heavy atom. The Bertz CT molecular complexity index is 1290. The molecule has 0 unspecified atom stereocenters. The monoisotopic (exact) mass is 537 g/mol. The summed E-state index contributed by atoms with van der Waals surface area (Å²) in [6, 6.07) is 7.27. The van der Waals surface area contributed by atoms with Crippen LogP contribution in [0.1, 0.15) is 28.9 Å². The number of tetrazole rings is 4. The largest absolute Gasteiger partial charge is 0.508 e. The molecule has 1 aromatic carbocycles. The molecule has 0 fully saturated rings. The third-order valence-electron chi connectivity index (χ3n) is 5.90. The Kier molecular flexibility index (Phi) is 8.68. The Balaban J connectivity index is 1.26. The van der Waals surface area contributed by atoms with Gasteiger partial charge in [0.15, 0.2) is 23.3 Å². The van der Waals surface area contributed by atoms with Crippen LogP contribution in [-0.4, -0.2) is 128 Å². The number of aromatic hydroxyl groups is 1. The van der Waals surface area contributed by atoms with Crippen molar-refractivity contribution in [2.75, 3.05) is 26.2 Å². The molecule has 4 heterocycles. The average Bonchev–Trinajstić information content (AvgIpc) is 3.76. The Hall–Kier alpha value is -4.82. The lowest BCUT2D eigenvalue weighted by Crippen LogP contribution is -2.39. The normalized spacial score (nSPS) is 11.8. The van der Waals surface area contributed by atoms with Gasteiger partial charge in [-0.05, 0) is 47.8 Å². The van der Waals surface area contributed by atoms with Crippen LogP contribution >= 0.6 is 0 Å². The van der Waals surface area contributed by atoms with Gasteiger partial charge in [-0.2, -0.15) is 0 Å². The predicted molar refractivity (Wildman–Crippen MR) is 128 cm³/mol. The number of hydrogen-bond acceptors (Lipinski definition) is 16. The fourth-order valence-electron chi connectivity index (χ4n) is 3.98. The van der Waals surface area contributed by atoms with Crippen molar-refractivity contribution in [3.8, 4) is 5.75 Å². The molecular weight excluding hydrogens is 510 g/mol. The van der Waals surface area contributed by atoms with Crippen molar-refractivity contribution in [3.63, 3.8) is 0 Å². The summed E-state index contributed by atoms with van der Waals surface area (Å²) in [5, 5.41) is 67.1. The average molecular weight is 538 g/mol.